The Morgan fingerprint density at radius 1 is 1.00 bits per heavy atom. The van der Waals surface area contributed by atoms with Crippen molar-refractivity contribution in [1.29, 1.82) is 0 Å². The van der Waals surface area contributed by atoms with Crippen LogP contribution in [0, 0.1) is 0 Å². The third kappa shape index (κ3) is 6.12. The van der Waals surface area contributed by atoms with Crippen molar-refractivity contribution in [2.45, 2.75) is 32.8 Å². The number of amides is 2. The van der Waals surface area contributed by atoms with Crippen LogP contribution in [0.3, 0.4) is 0 Å². The Hall–Kier alpha value is -2.53. The van der Waals surface area contributed by atoms with E-state index in [9.17, 15) is 9.59 Å². The smallest absolute Gasteiger partial charge is 0.279 e. The van der Waals surface area contributed by atoms with Crippen LogP contribution in [0.4, 0.5) is 0 Å². The molecule has 2 aromatic rings. The lowest BCUT2D eigenvalue weighted by Gasteiger charge is -2.15. The first-order chi connectivity index (χ1) is 12.0. The van der Waals surface area contributed by atoms with Gasteiger partial charge >= 0.3 is 0 Å². The summed E-state index contributed by atoms with van der Waals surface area (Å²) in [6, 6.07) is 14.5. The lowest BCUT2D eigenvalue weighted by Crippen LogP contribution is -2.47. The number of benzene rings is 2. The van der Waals surface area contributed by atoms with Gasteiger partial charge in [0.05, 0.1) is 6.42 Å². The Kier molecular flexibility index (Phi) is 6.83. The SMILES string of the molecule is CCc1ccc(O[C@H](C)C(=O)NNC(=O)Cc2ccc(Cl)cc2)cc1. The summed E-state index contributed by atoms with van der Waals surface area (Å²) in [6.07, 6.45) is 0.351. The number of rotatable bonds is 6. The maximum Gasteiger partial charge on any atom is 0.279 e. The second kappa shape index (κ2) is 9.08. The highest BCUT2D eigenvalue weighted by Crippen LogP contribution is 2.14. The van der Waals surface area contributed by atoms with Crippen LogP contribution in [0.25, 0.3) is 0 Å². The van der Waals surface area contributed by atoms with Gasteiger partial charge in [0.15, 0.2) is 6.10 Å². The minimum absolute atomic E-state index is 0.144. The molecule has 2 rings (SSSR count). The summed E-state index contributed by atoms with van der Waals surface area (Å²) < 4.78 is 5.56. The fraction of sp³-hybridized carbons (Fsp3) is 0.263. The average molecular weight is 361 g/mol. The normalized spacial score (nSPS) is 11.5. The Bertz CT molecular complexity index is 714. The molecule has 2 amide bonds. The van der Waals surface area contributed by atoms with Crippen LogP contribution in [0.5, 0.6) is 5.75 Å². The first kappa shape index (κ1) is 18.8. The Balaban J connectivity index is 1.77. The van der Waals surface area contributed by atoms with E-state index in [2.05, 4.69) is 17.8 Å². The molecule has 0 aliphatic carbocycles. The monoisotopic (exact) mass is 360 g/mol. The van der Waals surface area contributed by atoms with E-state index in [1.165, 1.54) is 5.56 Å². The van der Waals surface area contributed by atoms with Crippen molar-refractivity contribution in [3.05, 3.63) is 64.7 Å². The lowest BCUT2D eigenvalue weighted by molar-refractivity contribution is -0.132. The van der Waals surface area contributed by atoms with E-state index in [-0.39, 0.29) is 12.3 Å². The molecule has 0 unspecified atom stereocenters. The van der Waals surface area contributed by atoms with Crippen molar-refractivity contribution in [1.82, 2.24) is 10.9 Å². The Labute approximate surface area is 152 Å². The molecule has 132 valence electrons. The van der Waals surface area contributed by atoms with Crippen molar-refractivity contribution >= 4 is 23.4 Å². The van der Waals surface area contributed by atoms with E-state index in [1.54, 1.807) is 31.2 Å². The first-order valence-electron chi connectivity index (χ1n) is 8.06. The van der Waals surface area contributed by atoms with Crippen LogP contribution in [-0.4, -0.2) is 17.9 Å². The molecule has 2 N–H and O–H groups in total. The van der Waals surface area contributed by atoms with Crippen LogP contribution in [0.15, 0.2) is 48.5 Å². The predicted molar refractivity (Wildman–Crippen MR) is 97.4 cm³/mol. The second-order valence-corrected chi connectivity index (χ2v) is 6.03. The fourth-order valence-corrected chi connectivity index (χ4v) is 2.25. The number of aryl methyl sites for hydroxylation is 1. The van der Waals surface area contributed by atoms with Crippen molar-refractivity contribution in [2.24, 2.45) is 0 Å². The average Bonchev–Trinajstić information content (AvgIpc) is 2.62. The van der Waals surface area contributed by atoms with Crippen LogP contribution >= 0.6 is 11.6 Å². The molecule has 2 aromatic carbocycles. The summed E-state index contributed by atoms with van der Waals surface area (Å²) in [6.45, 7) is 3.69. The van der Waals surface area contributed by atoms with Crippen LogP contribution in [-0.2, 0) is 22.4 Å². The molecule has 0 spiro atoms. The highest BCUT2D eigenvalue weighted by molar-refractivity contribution is 6.30. The molecular formula is C19H21ClN2O3. The predicted octanol–water partition coefficient (Wildman–Crippen LogP) is 3.06. The Morgan fingerprint density at radius 2 is 1.60 bits per heavy atom. The third-order valence-corrected chi connectivity index (χ3v) is 3.87. The van der Waals surface area contributed by atoms with Crippen LogP contribution in [0.1, 0.15) is 25.0 Å². The van der Waals surface area contributed by atoms with Crippen molar-refractivity contribution in [3.8, 4) is 5.75 Å². The van der Waals surface area contributed by atoms with Crippen LogP contribution < -0.4 is 15.6 Å². The number of nitrogens with one attached hydrogen (secondary N) is 2. The maximum atomic E-state index is 12.0. The zero-order valence-electron chi connectivity index (χ0n) is 14.2. The summed E-state index contributed by atoms with van der Waals surface area (Å²) in [5.41, 5.74) is 6.74. The molecule has 0 aliphatic rings. The fourth-order valence-electron chi connectivity index (χ4n) is 2.13. The van der Waals surface area contributed by atoms with Gasteiger partial charge in [0.1, 0.15) is 5.75 Å². The Morgan fingerprint density at radius 3 is 2.20 bits per heavy atom. The van der Waals surface area contributed by atoms with E-state index in [0.717, 1.165) is 12.0 Å². The van der Waals surface area contributed by atoms with E-state index in [1.807, 2.05) is 24.3 Å². The molecule has 0 aromatic heterocycles. The number of carbonyl (C=O) groups excluding carboxylic acids is 2. The molecule has 0 radical (unpaired) electrons. The van der Waals surface area contributed by atoms with Crippen LogP contribution in [0.2, 0.25) is 5.02 Å². The molecular weight excluding hydrogens is 340 g/mol. The van der Waals surface area contributed by atoms with Crippen molar-refractivity contribution in [3.63, 3.8) is 0 Å². The minimum Gasteiger partial charge on any atom is -0.481 e. The molecule has 0 fully saturated rings. The van der Waals surface area contributed by atoms with Gasteiger partial charge in [0.25, 0.3) is 5.91 Å². The van der Waals surface area contributed by atoms with E-state index in [0.29, 0.717) is 10.8 Å². The molecule has 1 atom stereocenters. The van der Waals surface area contributed by atoms with Gasteiger partial charge in [-0.15, -0.1) is 0 Å². The number of halogens is 1. The largest absolute Gasteiger partial charge is 0.481 e. The zero-order chi connectivity index (χ0) is 18.2. The van der Waals surface area contributed by atoms with Gasteiger partial charge in [0.2, 0.25) is 5.91 Å². The number of ether oxygens (including phenoxy) is 1. The maximum absolute atomic E-state index is 12.0. The summed E-state index contributed by atoms with van der Waals surface area (Å²) in [5.74, 6) is -0.147. The highest BCUT2D eigenvalue weighted by atomic mass is 35.5. The molecule has 6 heteroatoms. The molecule has 0 aliphatic heterocycles. The summed E-state index contributed by atoms with van der Waals surface area (Å²) in [7, 11) is 0. The topological polar surface area (TPSA) is 67.4 Å². The molecule has 0 heterocycles. The standard InChI is InChI=1S/C19H21ClN2O3/c1-3-14-6-10-17(11-7-14)25-13(2)19(24)22-21-18(23)12-15-4-8-16(20)9-5-15/h4-11,13H,3,12H2,1-2H3,(H,21,23)(H,22,24)/t13-/m1/s1. The minimum atomic E-state index is -0.733. The molecule has 0 saturated heterocycles. The summed E-state index contributed by atoms with van der Waals surface area (Å²) in [4.78, 5) is 23.9. The van der Waals surface area contributed by atoms with Gasteiger partial charge in [-0.2, -0.15) is 0 Å². The van der Waals surface area contributed by atoms with Crippen molar-refractivity contribution < 1.29 is 14.3 Å². The first-order valence-corrected chi connectivity index (χ1v) is 8.44. The zero-order valence-corrected chi connectivity index (χ0v) is 15.0. The van der Waals surface area contributed by atoms with Gasteiger partial charge in [0, 0.05) is 5.02 Å². The molecule has 5 nitrogen and oxygen atoms in total. The van der Waals surface area contributed by atoms with Gasteiger partial charge < -0.3 is 4.74 Å². The summed E-state index contributed by atoms with van der Waals surface area (Å²) >= 11 is 5.80. The van der Waals surface area contributed by atoms with E-state index < -0.39 is 12.0 Å². The number of hydrazine groups is 1. The van der Waals surface area contributed by atoms with E-state index in [4.69, 9.17) is 16.3 Å². The van der Waals surface area contributed by atoms with Gasteiger partial charge in [-0.1, -0.05) is 42.8 Å². The van der Waals surface area contributed by atoms with Gasteiger partial charge in [-0.3, -0.25) is 20.4 Å². The summed E-state index contributed by atoms with van der Waals surface area (Å²) in [5, 5.41) is 0.607. The molecule has 25 heavy (non-hydrogen) atoms. The third-order valence-electron chi connectivity index (χ3n) is 3.62. The van der Waals surface area contributed by atoms with Gasteiger partial charge in [-0.25, -0.2) is 0 Å². The quantitative estimate of drug-likeness (QED) is 0.778. The van der Waals surface area contributed by atoms with Crippen molar-refractivity contribution in [2.75, 3.05) is 0 Å². The number of hydrogen-bond acceptors (Lipinski definition) is 3. The second-order valence-electron chi connectivity index (χ2n) is 5.60. The number of hydrogen-bond donors (Lipinski definition) is 2. The lowest BCUT2D eigenvalue weighted by atomic mass is 10.1. The molecule has 0 saturated carbocycles. The molecule has 0 bridgehead atoms. The van der Waals surface area contributed by atoms with E-state index >= 15 is 0 Å². The van der Waals surface area contributed by atoms with Gasteiger partial charge in [-0.05, 0) is 48.7 Å². The highest BCUT2D eigenvalue weighted by Gasteiger charge is 2.15. The number of carbonyl (C=O) groups is 2.